The van der Waals surface area contributed by atoms with Gasteiger partial charge in [-0.25, -0.2) is 4.98 Å². The van der Waals surface area contributed by atoms with Gasteiger partial charge in [0, 0.05) is 11.6 Å². The highest BCUT2D eigenvalue weighted by Gasteiger charge is 2.17. The molecule has 2 heterocycles. The summed E-state index contributed by atoms with van der Waals surface area (Å²) in [6.45, 7) is 2.17. The summed E-state index contributed by atoms with van der Waals surface area (Å²) in [5.74, 6) is -1.11. The van der Waals surface area contributed by atoms with Crippen LogP contribution in [-0.2, 0) is 6.54 Å². The predicted octanol–water partition coefficient (Wildman–Crippen LogP) is 3.01. The third-order valence-electron chi connectivity index (χ3n) is 4.88. The molecule has 152 valence electrons. The summed E-state index contributed by atoms with van der Waals surface area (Å²) in [5, 5.41) is 17.2. The first-order valence-electron chi connectivity index (χ1n) is 9.49. The maximum atomic E-state index is 13.1. The lowest BCUT2D eigenvalue weighted by Gasteiger charge is -2.09. The number of rotatable bonds is 5. The molecule has 31 heavy (non-hydrogen) atoms. The molecule has 2 aromatic carbocycles. The van der Waals surface area contributed by atoms with Crippen LogP contribution in [0.4, 0.5) is 5.69 Å². The average Bonchev–Trinajstić information content (AvgIpc) is 3.11. The number of nitrogens with one attached hydrogen (secondary N) is 1. The summed E-state index contributed by atoms with van der Waals surface area (Å²) in [5.41, 5.74) is 8.75. The fourth-order valence-electron chi connectivity index (χ4n) is 3.34. The molecular formula is C23H18N6O2. The van der Waals surface area contributed by atoms with Gasteiger partial charge in [0.15, 0.2) is 0 Å². The van der Waals surface area contributed by atoms with E-state index in [1.54, 1.807) is 54.2 Å². The van der Waals surface area contributed by atoms with Crippen LogP contribution in [0.15, 0.2) is 60.8 Å². The second-order valence-corrected chi connectivity index (χ2v) is 6.99. The van der Waals surface area contributed by atoms with Crippen LogP contribution in [-0.4, -0.2) is 26.6 Å². The number of carbonyl (C=O) groups excluding carboxylic acids is 2. The van der Waals surface area contributed by atoms with E-state index in [1.807, 2.05) is 12.1 Å². The van der Waals surface area contributed by atoms with Crippen molar-refractivity contribution < 1.29 is 9.59 Å². The number of nitriles is 1. The van der Waals surface area contributed by atoms with Gasteiger partial charge in [-0.1, -0.05) is 36.4 Å². The Kier molecular flexibility index (Phi) is 5.16. The summed E-state index contributed by atoms with van der Waals surface area (Å²) in [6, 6.07) is 17.9. The Morgan fingerprint density at radius 3 is 2.68 bits per heavy atom. The Hall–Kier alpha value is -4.51. The molecule has 4 aromatic rings. The van der Waals surface area contributed by atoms with Crippen LogP contribution in [0.1, 0.15) is 37.7 Å². The van der Waals surface area contributed by atoms with E-state index >= 15 is 0 Å². The number of anilines is 1. The van der Waals surface area contributed by atoms with E-state index in [0.717, 1.165) is 5.56 Å². The molecule has 0 aliphatic heterocycles. The molecule has 0 saturated carbocycles. The number of hydrogen-bond donors (Lipinski definition) is 2. The topological polar surface area (TPSA) is 127 Å². The van der Waals surface area contributed by atoms with Crippen molar-refractivity contribution in [3.8, 4) is 6.07 Å². The number of hydrogen-bond acceptors (Lipinski definition) is 5. The minimum absolute atomic E-state index is 0.0179. The molecule has 0 unspecified atom stereocenters. The van der Waals surface area contributed by atoms with Crippen molar-refractivity contribution >= 4 is 28.4 Å². The highest BCUT2D eigenvalue weighted by Crippen LogP contribution is 2.21. The minimum Gasteiger partial charge on any atom is -0.364 e. The summed E-state index contributed by atoms with van der Waals surface area (Å²) in [4.78, 5) is 28.9. The van der Waals surface area contributed by atoms with Crippen molar-refractivity contribution in [2.45, 2.75) is 13.5 Å². The van der Waals surface area contributed by atoms with E-state index < -0.39 is 11.8 Å². The third-order valence-corrected chi connectivity index (χ3v) is 4.88. The minimum atomic E-state index is -0.708. The fraction of sp³-hybridized carbons (Fsp3) is 0.0870. The second-order valence-electron chi connectivity index (χ2n) is 6.99. The molecule has 2 aromatic heterocycles. The Bertz CT molecular complexity index is 1370. The molecule has 0 radical (unpaired) electrons. The average molecular weight is 410 g/mol. The Labute approximate surface area is 177 Å². The number of nitrogens with two attached hydrogens (primary N) is 1. The predicted molar refractivity (Wildman–Crippen MR) is 115 cm³/mol. The van der Waals surface area contributed by atoms with Crippen LogP contribution in [0.5, 0.6) is 0 Å². The Morgan fingerprint density at radius 2 is 1.90 bits per heavy atom. The molecule has 0 spiro atoms. The number of pyridine rings is 1. The largest absolute Gasteiger partial charge is 0.364 e. The van der Waals surface area contributed by atoms with Crippen LogP contribution in [0.25, 0.3) is 10.9 Å². The van der Waals surface area contributed by atoms with Gasteiger partial charge >= 0.3 is 0 Å². The van der Waals surface area contributed by atoms with E-state index in [1.165, 1.54) is 6.07 Å². The maximum Gasteiger partial charge on any atom is 0.267 e. The number of amides is 2. The van der Waals surface area contributed by atoms with Crippen molar-refractivity contribution in [2.75, 3.05) is 5.32 Å². The smallest absolute Gasteiger partial charge is 0.267 e. The quantitative estimate of drug-likeness (QED) is 0.523. The molecule has 4 rings (SSSR count). The zero-order chi connectivity index (χ0) is 22.0. The fourth-order valence-corrected chi connectivity index (χ4v) is 3.34. The van der Waals surface area contributed by atoms with Crippen LogP contribution in [0.3, 0.4) is 0 Å². The van der Waals surface area contributed by atoms with Gasteiger partial charge < -0.3 is 11.1 Å². The molecule has 0 aliphatic rings. The number of nitrogens with zero attached hydrogens (tertiary/aromatic N) is 4. The van der Waals surface area contributed by atoms with E-state index in [-0.39, 0.29) is 5.69 Å². The van der Waals surface area contributed by atoms with Crippen molar-refractivity contribution in [3.63, 3.8) is 0 Å². The van der Waals surface area contributed by atoms with Crippen LogP contribution in [0, 0.1) is 18.3 Å². The zero-order valence-corrected chi connectivity index (χ0v) is 16.7. The van der Waals surface area contributed by atoms with E-state index in [2.05, 4.69) is 21.5 Å². The molecule has 8 heteroatoms. The standard InChI is InChI=1S/C23H18N6O2/c1-14-21(13-29(28-14)12-16-7-3-2-6-15(16)11-24)27-23(31)18-10-20(22(25)30)26-19-9-5-4-8-17(18)19/h2-10,13H,12H2,1H3,(H2,25,30)(H,27,31). The lowest BCUT2D eigenvalue weighted by atomic mass is 10.1. The van der Waals surface area contributed by atoms with Gasteiger partial charge in [-0.15, -0.1) is 0 Å². The molecule has 0 saturated heterocycles. The van der Waals surface area contributed by atoms with E-state index in [0.29, 0.717) is 40.0 Å². The Morgan fingerprint density at radius 1 is 1.16 bits per heavy atom. The lowest BCUT2D eigenvalue weighted by molar-refractivity contribution is 0.0996. The number of primary amides is 1. The van der Waals surface area contributed by atoms with E-state index in [4.69, 9.17) is 5.73 Å². The van der Waals surface area contributed by atoms with Gasteiger partial charge in [-0.2, -0.15) is 10.4 Å². The van der Waals surface area contributed by atoms with Crippen LogP contribution < -0.4 is 11.1 Å². The summed E-state index contributed by atoms with van der Waals surface area (Å²) >= 11 is 0. The Balaban J connectivity index is 1.64. The summed E-state index contributed by atoms with van der Waals surface area (Å²) in [7, 11) is 0. The molecule has 2 amide bonds. The zero-order valence-electron chi connectivity index (χ0n) is 16.7. The first-order valence-corrected chi connectivity index (χ1v) is 9.49. The van der Waals surface area contributed by atoms with E-state index in [9.17, 15) is 14.9 Å². The summed E-state index contributed by atoms with van der Waals surface area (Å²) < 4.78 is 1.67. The maximum absolute atomic E-state index is 13.1. The number of benzene rings is 2. The molecule has 8 nitrogen and oxygen atoms in total. The molecular weight excluding hydrogens is 392 g/mol. The first-order chi connectivity index (χ1) is 15.0. The first kappa shape index (κ1) is 19.8. The molecule has 0 atom stereocenters. The van der Waals surface area contributed by atoms with Crippen molar-refractivity contribution in [1.82, 2.24) is 14.8 Å². The number of aryl methyl sites for hydroxylation is 1. The monoisotopic (exact) mass is 410 g/mol. The highest BCUT2D eigenvalue weighted by molar-refractivity contribution is 6.13. The van der Waals surface area contributed by atoms with Gasteiger partial charge in [-0.3, -0.25) is 14.3 Å². The molecule has 0 bridgehead atoms. The third kappa shape index (κ3) is 3.97. The van der Waals surface area contributed by atoms with Gasteiger partial charge in [0.25, 0.3) is 11.8 Å². The van der Waals surface area contributed by atoms with Crippen molar-refractivity contribution in [1.29, 1.82) is 5.26 Å². The molecule has 0 aliphatic carbocycles. The van der Waals surface area contributed by atoms with Gasteiger partial charge in [0.1, 0.15) is 5.69 Å². The lowest BCUT2D eigenvalue weighted by Crippen LogP contribution is -2.17. The SMILES string of the molecule is Cc1nn(Cc2ccccc2C#N)cc1NC(=O)c1cc(C(N)=O)nc2ccccc12. The van der Waals surface area contributed by atoms with Gasteiger partial charge in [0.2, 0.25) is 0 Å². The normalized spacial score (nSPS) is 10.6. The molecule has 0 fully saturated rings. The van der Waals surface area contributed by atoms with Crippen LogP contribution in [0.2, 0.25) is 0 Å². The van der Waals surface area contributed by atoms with Crippen molar-refractivity contribution in [3.05, 3.63) is 88.9 Å². The van der Waals surface area contributed by atoms with Crippen LogP contribution >= 0.6 is 0 Å². The van der Waals surface area contributed by atoms with Gasteiger partial charge in [0.05, 0.1) is 40.6 Å². The number of carbonyl (C=O) groups is 2. The number of fused-ring (bicyclic) bond motifs is 1. The number of aromatic nitrogens is 3. The van der Waals surface area contributed by atoms with Crippen molar-refractivity contribution in [2.24, 2.45) is 5.73 Å². The molecule has 3 N–H and O–H groups in total. The number of para-hydroxylation sites is 1. The highest BCUT2D eigenvalue weighted by atomic mass is 16.2. The summed E-state index contributed by atoms with van der Waals surface area (Å²) in [6.07, 6.45) is 1.71. The second kappa shape index (κ2) is 8.08. The van der Waals surface area contributed by atoms with Gasteiger partial charge in [-0.05, 0) is 30.7 Å².